The van der Waals surface area contributed by atoms with E-state index in [1.54, 1.807) is 0 Å². The van der Waals surface area contributed by atoms with Gasteiger partial charge in [0.25, 0.3) is 0 Å². The molecule has 1 aromatic rings. The number of rotatable bonds is 5. The second-order valence-electron chi connectivity index (χ2n) is 5.67. The predicted octanol–water partition coefficient (Wildman–Crippen LogP) is 3.17. The van der Waals surface area contributed by atoms with Crippen molar-refractivity contribution in [1.82, 2.24) is 4.72 Å². The summed E-state index contributed by atoms with van der Waals surface area (Å²) in [6.07, 6.45) is 0. The predicted molar refractivity (Wildman–Crippen MR) is 82.8 cm³/mol. The SMILES string of the molecule is CC(CNS(=O)(=O)c1cc(C(=O)O)sc1Br)C(C)(C)C. The molecule has 0 aliphatic carbocycles. The third-order valence-corrected chi connectivity index (χ3v) is 6.88. The number of aromatic carboxylic acids is 1. The topological polar surface area (TPSA) is 83.5 Å². The maximum atomic E-state index is 12.2. The summed E-state index contributed by atoms with van der Waals surface area (Å²) in [6, 6.07) is 1.17. The van der Waals surface area contributed by atoms with Gasteiger partial charge >= 0.3 is 5.97 Å². The van der Waals surface area contributed by atoms with Crippen molar-refractivity contribution < 1.29 is 18.3 Å². The molecule has 20 heavy (non-hydrogen) atoms. The van der Waals surface area contributed by atoms with E-state index in [-0.39, 0.29) is 21.1 Å². The van der Waals surface area contributed by atoms with Gasteiger partial charge in [0.15, 0.2) is 0 Å². The molecule has 0 aliphatic heterocycles. The van der Waals surface area contributed by atoms with Crippen LogP contribution in [0.15, 0.2) is 14.7 Å². The third-order valence-electron chi connectivity index (χ3n) is 3.21. The molecule has 0 saturated heterocycles. The van der Waals surface area contributed by atoms with Crippen LogP contribution in [0, 0.1) is 11.3 Å². The van der Waals surface area contributed by atoms with Gasteiger partial charge in [-0.05, 0) is 33.3 Å². The normalized spacial score (nSPS) is 14.2. The molecule has 0 spiro atoms. The largest absolute Gasteiger partial charge is 0.477 e. The molecule has 0 aliphatic rings. The molecule has 8 heteroatoms. The number of carboxylic acids is 1. The van der Waals surface area contributed by atoms with Gasteiger partial charge in [-0.1, -0.05) is 27.7 Å². The first-order valence-electron chi connectivity index (χ1n) is 5.97. The highest BCUT2D eigenvalue weighted by Crippen LogP contribution is 2.32. The van der Waals surface area contributed by atoms with Crippen molar-refractivity contribution >= 4 is 43.3 Å². The van der Waals surface area contributed by atoms with Gasteiger partial charge in [-0.2, -0.15) is 0 Å². The van der Waals surface area contributed by atoms with E-state index in [1.165, 1.54) is 6.07 Å². The molecule has 0 bridgehead atoms. The smallest absolute Gasteiger partial charge is 0.345 e. The lowest BCUT2D eigenvalue weighted by Crippen LogP contribution is -2.33. The van der Waals surface area contributed by atoms with Crippen LogP contribution in [0.1, 0.15) is 37.4 Å². The lowest BCUT2D eigenvalue weighted by molar-refractivity contribution is 0.0702. The van der Waals surface area contributed by atoms with Gasteiger partial charge in [0.2, 0.25) is 10.0 Å². The van der Waals surface area contributed by atoms with Crippen molar-refractivity contribution in [2.75, 3.05) is 6.54 Å². The van der Waals surface area contributed by atoms with Crippen LogP contribution in [0.3, 0.4) is 0 Å². The van der Waals surface area contributed by atoms with E-state index in [9.17, 15) is 13.2 Å². The third kappa shape index (κ3) is 4.28. The molecule has 5 nitrogen and oxygen atoms in total. The summed E-state index contributed by atoms with van der Waals surface area (Å²) in [7, 11) is -3.71. The quantitative estimate of drug-likeness (QED) is 0.817. The summed E-state index contributed by atoms with van der Waals surface area (Å²) >= 11 is 3.99. The Morgan fingerprint density at radius 2 is 2.05 bits per heavy atom. The first-order valence-corrected chi connectivity index (χ1v) is 9.06. The van der Waals surface area contributed by atoms with Crippen LogP contribution in [0.25, 0.3) is 0 Å². The summed E-state index contributed by atoms with van der Waals surface area (Å²) in [5.41, 5.74) is -0.0133. The molecule has 1 heterocycles. The Labute approximate surface area is 131 Å². The van der Waals surface area contributed by atoms with Gasteiger partial charge in [-0.15, -0.1) is 11.3 Å². The van der Waals surface area contributed by atoms with Gasteiger partial charge in [-0.3, -0.25) is 0 Å². The van der Waals surface area contributed by atoms with Gasteiger partial charge in [0, 0.05) is 6.54 Å². The molecular weight excluding hydrogens is 366 g/mol. The Balaban J connectivity index is 2.92. The van der Waals surface area contributed by atoms with Crippen molar-refractivity contribution in [3.05, 3.63) is 14.7 Å². The monoisotopic (exact) mass is 383 g/mol. The van der Waals surface area contributed by atoms with E-state index in [0.717, 1.165) is 11.3 Å². The van der Waals surface area contributed by atoms with Crippen LogP contribution in [0.4, 0.5) is 0 Å². The highest BCUT2D eigenvalue weighted by atomic mass is 79.9. The zero-order valence-electron chi connectivity index (χ0n) is 11.7. The first kappa shape index (κ1) is 17.6. The Kier molecular flexibility index (Phi) is 5.40. The molecular formula is C12H18BrNO4S2. The van der Waals surface area contributed by atoms with Crippen molar-refractivity contribution in [2.45, 2.75) is 32.6 Å². The molecule has 0 fully saturated rings. The minimum atomic E-state index is -3.71. The number of thiophene rings is 1. The van der Waals surface area contributed by atoms with Gasteiger partial charge in [-0.25, -0.2) is 17.9 Å². The fraction of sp³-hybridized carbons (Fsp3) is 0.583. The lowest BCUT2D eigenvalue weighted by atomic mass is 9.82. The number of carboxylic acid groups (broad SMARTS) is 1. The highest BCUT2D eigenvalue weighted by Gasteiger charge is 2.26. The summed E-state index contributed by atoms with van der Waals surface area (Å²) < 4.78 is 27.2. The average Bonchev–Trinajstić information content (AvgIpc) is 2.68. The highest BCUT2D eigenvalue weighted by molar-refractivity contribution is 9.11. The summed E-state index contributed by atoms with van der Waals surface area (Å²) in [4.78, 5) is 10.8. The molecule has 1 unspecified atom stereocenters. The van der Waals surface area contributed by atoms with Crippen LogP contribution in [-0.2, 0) is 10.0 Å². The number of carbonyl (C=O) groups is 1. The zero-order valence-corrected chi connectivity index (χ0v) is 14.9. The average molecular weight is 384 g/mol. The fourth-order valence-corrected chi connectivity index (χ4v) is 4.79. The van der Waals surface area contributed by atoms with Gasteiger partial charge in [0.1, 0.15) is 9.77 Å². The van der Waals surface area contributed by atoms with Crippen LogP contribution in [-0.4, -0.2) is 26.0 Å². The summed E-state index contributed by atoms with van der Waals surface area (Å²) in [5.74, 6) is -0.992. The standard InChI is InChI=1S/C12H18BrNO4S2/c1-7(12(2,3)4)6-14-20(17,18)9-5-8(11(15)16)19-10(9)13/h5,7,14H,6H2,1-4H3,(H,15,16). The second kappa shape index (κ2) is 6.13. The molecule has 2 N–H and O–H groups in total. The molecule has 1 rings (SSSR count). The van der Waals surface area contributed by atoms with E-state index >= 15 is 0 Å². The minimum Gasteiger partial charge on any atom is -0.477 e. The van der Waals surface area contributed by atoms with Crippen LogP contribution in [0.2, 0.25) is 0 Å². The van der Waals surface area contributed by atoms with Crippen molar-refractivity contribution in [3.8, 4) is 0 Å². The number of hydrogen-bond acceptors (Lipinski definition) is 4. The van der Waals surface area contributed by atoms with Gasteiger partial charge in [0.05, 0.1) is 3.79 Å². The molecule has 114 valence electrons. The first-order chi connectivity index (χ1) is 8.95. The molecule has 0 radical (unpaired) electrons. The second-order valence-corrected chi connectivity index (χ2v) is 9.78. The molecule has 0 amide bonds. The van der Waals surface area contributed by atoms with Crippen LogP contribution < -0.4 is 4.72 Å². The number of nitrogens with one attached hydrogen (secondary N) is 1. The van der Waals surface area contributed by atoms with Crippen LogP contribution in [0.5, 0.6) is 0 Å². The number of halogens is 1. The van der Waals surface area contributed by atoms with E-state index < -0.39 is 16.0 Å². The molecule has 0 saturated carbocycles. The van der Waals surface area contributed by atoms with Gasteiger partial charge < -0.3 is 5.11 Å². The van der Waals surface area contributed by atoms with E-state index in [0.29, 0.717) is 10.3 Å². The molecule has 1 aromatic heterocycles. The Morgan fingerprint density at radius 1 is 1.50 bits per heavy atom. The zero-order chi connectivity index (χ0) is 15.7. The van der Waals surface area contributed by atoms with Crippen molar-refractivity contribution in [3.63, 3.8) is 0 Å². The Hall–Kier alpha value is -0.440. The van der Waals surface area contributed by atoms with E-state index in [1.807, 2.05) is 27.7 Å². The summed E-state index contributed by atoms with van der Waals surface area (Å²) in [6.45, 7) is 8.38. The Morgan fingerprint density at radius 3 is 2.45 bits per heavy atom. The maximum absolute atomic E-state index is 12.2. The minimum absolute atomic E-state index is 0.0129. The maximum Gasteiger partial charge on any atom is 0.345 e. The summed E-state index contributed by atoms with van der Waals surface area (Å²) in [5, 5.41) is 8.89. The number of sulfonamides is 1. The Bertz CT molecular complexity index is 601. The number of hydrogen-bond donors (Lipinski definition) is 2. The fourth-order valence-electron chi connectivity index (χ4n) is 1.26. The van der Waals surface area contributed by atoms with E-state index in [4.69, 9.17) is 5.11 Å². The van der Waals surface area contributed by atoms with Crippen molar-refractivity contribution in [1.29, 1.82) is 0 Å². The molecule has 0 aromatic carbocycles. The lowest BCUT2D eigenvalue weighted by Gasteiger charge is -2.27. The van der Waals surface area contributed by atoms with E-state index in [2.05, 4.69) is 20.7 Å². The molecule has 1 atom stereocenters. The van der Waals surface area contributed by atoms with Crippen molar-refractivity contribution in [2.24, 2.45) is 11.3 Å². The van der Waals surface area contributed by atoms with Crippen LogP contribution >= 0.6 is 27.3 Å².